The Bertz CT molecular complexity index is 1080. The summed E-state index contributed by atoms with van der Waals surface area (Å²) in [6.07, 6.45) is 10.2. The number of rotatable bonds is 2. The number of nitrogens with zero attached hydrogens (tertiary/aromatic N) is 1. The third-order valence-electron chi connectivity index (χ3n) is 13.0. The molecule has 0 radical (unpaired) electrons. The Morgan fingerprint density at radius 3 is 2.29 bits per heavy atom. The first-order valence-corrected chi connectivity index (χ1v) is 13.8. The summed E-state index contributed by atoms with van der Waals surface area (Å²) in [5.74, 6) is 1.70. The van der Waals surface area contributed by atoms with E-state index in [1.807, 2.05) is 0 Å². The fourth-order valence-corrected chi connectivity index (χ4v) is 11.2. The highest BCUT2D eigenvalue weighted by atomic mass is 16.1. The molecule has 0 heterocycles. The number of Topliss-reactive ketones (excluding diaryl/α,β-unsaturated/α-hetero) is 1. The maximum Gasteiger partial charge on any atom is 0.223 e. The Kier molecular flexibility index (Phi) is 5.19. The molecule has 4 unspecified atom stereocenters. The number of nitrogens with two attached hydrogens (primary N) is 1. The molecular weight excluding hydrogens is 432 g/mol. The van der Waals surface area contributed by atoms with Gasteiger partial charge in [0.15, 0.2) is 5.78 Å². The van der Waals surface area contributed by atoms with Gasteiger partial charge in [0.05, 0.1) is 11.0 Å². The topological polar surface area (TPSA) is 83.9 Å². The smallest absolute Gasteiger partial charge is 0.223 e. The number of ketones is 1. The molecule has 4 saturated carbocycles. The van der Waals surface area contributed by atoms with Crippen molar-refractivity contribution in [2.75, 3.05) is 0 Å². The average Bonchev–Trinajstić information content (AvgIpc) is 3.18. The number of nitriles is 1. The number of amides is 1. The summed E-state index contributed by atoms with van der Waals surface area (Å²) in [5.41, 5.74) is 6.85. The Labute approximate surface area is 211 Å². The highest BCUT2D eigenvalue weighted by Crippen LogP contribution is 2.77. The number of primary amides is 1. The molecule has 0 saturated heterocycles. The van der Waals surface area contributed by atoms with E-state index in [2.05, 4.69) is 60.3 Å². The van der Waals surface area contributed by atoms with Gasteiger partial charge in [0.25, 0.3) is 0 Å². The Morgan fingerprint density at radius 2 is 1.69 bits per heavy atom. The largest absolute Gasteiger partial charge is 0.369 e. The van der Waals surface area contributed by atoms with Crippen LogP contribution in [0.1, 0.15) is 92.9 Å². The first-order valence-electron chi connectivity index (χ1n) is 13.8. The van der Waals surface area contributed by atoms with Crippen molar-refractivity contribution in [3.8, 4) is 6.07 Å². The van der Waals surface area contributed by atoms with E-state index in [1.165, 1.54) is 5.57 Å². The van der Waals surface area contributed by atoms with Crippen LogP contribution in [0.2, 0.25) is 0 Å². The van der Waals surface area contributed by atoms with Crippen LogP contribution in [0.5, 0.6) is 0 Å². The summed E-state index contributed by atoms with van der Waals surface area (Å²) in [4.78, 5) is 26.2. The molecule has 0 aliphatic heterocycles. The standard InChI is InChI=1S/C31H44N2O2/c1-18(2)20-10-13-31(26(33)35)15-14-29(6)21(24(20)31)8-9-23-28(5)16-19(17-32)25(34)27(3,4)22(28)11-12-30(23,29)7/h16,20-24H,1,8-15H2,2-7H3,(H2,33,35)/t20-,21?,22?,23?,24+,28-,29+,30+,31?/m0/s1. The van der Waals surface area contributed by atoms with E-state index < -0.39 is 5.41 Å². The normalized spacial score (nSPS) is 50.0. The van der Waals surface area contributed by atoms with Crippen molar-refractivity contribution in [2.45, 2.75) is 92.9 Å². The number of allylic oxidation sites excluding steroid dienone is 3. The molecule has 5 aliphatic carbocycles. The second kappa shape index (κ2) is 7.33. The van der Waals surface area contributed by atoms with Crippen LogP contribution in [0.4, 0.5) is 0 Å². The summed E-state index contributed by atoms with van der Waals surface area (Å²) in [7, 11) is 0. The van der Waals surface area contributed by atoms with E-state index in [4.69, 9.17) is 5.73 Å². The second-order valence-electron chi connectivity index (χ2n) is 14.3. The van der Waals surface area contributed by atoms with Gasteiger partial charge in [-0.2, -0.15) is 5.26 Å². The highest BCUT2D eigenvalue weighted by Gasteiger charge is 2.71. The van der Waals surface area contributed by atoms with E-state index in [0.717, 1.165) is 51.4 Å². The third kappa shape index (κ3) is 2.79. The van der Waals surface area contributed by atoms with E-state index >= 15 is 0 Å². The van der Waals surface area contributed by atoms with E-state index in [0.29, 0.717) is 23.3 Å². The summed E-state index contributed by atoms with van der Waals surface area (Å²) in [5, 5.41) is 9.87. The molecule has 4 fully saturated rings. The van der Waals surface area contributed by atoms with Crippen LogP contribution in [0.25, 0.3) is 0 Å². The first-order chi connectivity index (χ1) is 16.2. The molecule has 9 atom stereocenters. The number of fused-ring (bicyclic) bond motifs is 7. The van der Waals surface area contributed by atoms with Gasteiger partial charge in [-0.25, -0.2) is 0 Å². The molecule has 0 bridgehead atoms. The lowest BCUT2D eigenvalue weighted by Crippen LogP contribution is -2.66. The highest BCUT2D eigenvalue weighted by molar-refractivity contribution is 6.04. The zero-order valence-electron chi connectivity index (χ0n) is 22.7. The molecule has 0 aromatic rings. The summed E-state index contributed by atoms with van der Waals surface area (Å²) in [6.45, 7) is 18.0. The van der Waals surface area contributed by atoms with Crippen molar-refractivity contribution in [1.82, 2.24) is 0 Å². The molecule has 1 amide bonds. The van der Waals surface area contributed by atoms with Gasteiger partial charge in [-0.15, -0.1) is 0 Å². The molecule has 35 heavy (non-hydrogen) atoms. The van der Waals surface area contributed by atoms with Crippen LogP contribution in [-0.4, -0.2) is 11.7 Å². The Morgan fingerprint density at radius 1 is 1.00 bits per heavy atom. The number of hydrogen-bond donors (Lipinski definition) is 1. The van der Waals surface area contributed by atoms with Gasteiger partial charge in [0, 0.05) is 5.41 Å². The predicted octanol–water partition coefficient (Wildman–Crippen LogP) is 6.37. The Balaban J connectivity index is 1.62. The molecule has 5 aliphatic rings. The van der Waals surface area contributed by atoms with E-state index in [-0.39, 0.29) is 45.2 Å². The van der Waals surface area contributed by atoms with Crippen LogP contribution in [0.15, 0.2) is 23.8 Å². The molecule has 2 N–H and O–H groups in total. The number of carbonyl (C=O) groups is 2. The van der Waals surface area contributed by atoms with E-state index in [9.17, 15) is 14.9 Å². The zero-order chi connectivity index (χ0) is 25.8. The lowest BCUT2D eigenvalue weighted by molar-refractivity contribution is -0.217. The number of hydrogen-bond acceptors (Lipinski definition) is 3. The van der Waals surface area contributed by atoms with Crippen LogP contribution < -0.4 is 5.73 Å². The van der Waals surface area contributed by atoms with Crippen molar-refractivity contribution in [3.63, 3.8) is 0 Å². The van der Waals surface area contributed by atoms with Gasteiger partial charge in [0.1, 0.15) is 6.07 Å². The first kappa shape index (κ1) is 24.8. The van der Waals surface area contributed by atoms with Gasteiger partial charge in [-0.05, 0) is 104 Å². The van der Waals surface area contributed by atoms with Crippen molar-refractivity contribution in [1.29, 1.82) is 5.26 Å². The van der Waals surface area contributed by atoms with Gasteiger partial charge < -0.3 is 5.73 Å². The minimum atomic E-state index is -0.516. The minimum absolute atomic E-state index is 0.0186. The fourth-order valence-electron chi connectivity index (χ4n) is 11.2. The van der Waals surface area contributed by atoms with Crippen molar-refractivity contribution >= 4 is 11.7 Å². The maximum absolute atomic E-state index is 13.2. The maximum atomic E-state index is 13.2. The van der Waals surface area contributed by atoms with Gasteiger partial charge in [-0.1, -0.05) is 52.8 Å². The zero-order valence-corrected chi connectivity index (χ0v) is 22.7. The lowest BCUT2D eigenvalue weighted by Gasteiger charge is -2.71. The third-order valence-corrected chi connectivity index (χ3v) is 13.0. The van der Waals surface area contributed by atoms with Crippen LogP contribution >= 0.6 is 0 Å². The molecule has 0 aromatic carbocycles. The molecule has 4 heteroatoms. The summed E-state index contributed by atoms with van der Waals surface area (Å²) < 4.78 is 0. The molecule has 190 valence electrons. The second-order valence-corrected chi connectivity index (χ2v) is 14.3. The fraction of sp³-hybridized carbons (Fsp3) is 0.774. The van der Waals surface area contributed by atoms with Crippen LogP contribution in [0, 0.1) is 68.0 Å². The molecule has 4 nitrogen and oxygen atoms in total. The van der Waals surface area contributed by atoms with E-state index in [1.54, 1.807) is 0 Å². The SMILES string of the molecule is C=C(C)[C@@H]1CCC2(C(N)=O)CC[C@]3(C)C(CCC4[C@@]5(C)C=C(C#N)C(=O)C(C)(C)C5CC[C@]43C)[C@@H]12. The van der Waals surface area contributed by atoms with Crippen molar-refractivity contribution < 1.29 is 9.59 Å². The number of carbonyl (C=O) groups excluding carboxylic acids is 2. The van der Waals surface area contributed by atoms with Gasteiger partial charge in [0.2, 0.25) is 5.91 Å². The monoisotopic (exact) mass is 476 g/mol. The van der Waals surface area contributed by atoms with Gasteiger partial charge in [-0.3, -0.25) is 9.59 Å². The molecular formula is C31H44N2O2. The van der Waals surface area contributed by atoms with Crippen molar-refractivity contribution in [3.05, 3.63) is 23.8 Å². The molecule has 0 spiro atoms. The van der Waals surface area contributed by atoms with Crippen molar-refractivity contribution in [2.24, 2.45) is 62.4 Å². The lowest BCUT2D eigenvalue weighted by atomic mass is 9.32. The van der Waals surface area contributed by atoms with Crippen LogP contribution in [-0.2, 0) is 9.59 Å². The minimum Gasteiger partial charge on any atom is -0.369 e. The Hall–Kier alpha value is -1.89. The molecule has 5 rings (SSSR count). The van der Waals surface area contributed by atoms with Gasteiger partial charge >= 0.3 is 0 Å². The quantitative estimate of drug-likeness (QED) is 0.470. The molecule has 0 aromatic heterocycles. The average molecular weight is 477 g/mol. The predicted molar refractivity (Wildman–Crippen MR) is 138 cm³/mol. The summed E-state index contributed by atoms with van der Waals surface area (Å²) in [6, 6.07) is 2.26. The van der Waals surface area contributed by atoms with Crippen LogP contribution in [0.3, 0.4) is 0 Å². The summed E-state index contributed by atoms with van der Waals surface area (Å²) >= 11 is 0.